The van der Waals surface area contributed by atoms with E-state index in [1.54, 1.807) is 28.1 Å². The second-order valence-corrected chi connectivity index (χ2v) is 10.9. The van der Waals surface area contributed by atoms with E-state index >= 15 is 0 Å². The standard InChI is InChI=1S/C26H34N8O2S/c1-16(2)19(27)10-22(37)31-23-24-28-12-21(18-11-29-32(6)13-18)34(24)15-20(30-23)17-8-7-9-33(14-17)25(35)36-26(3,4)5/h8,10-13,15-16,27,37H,7,9,14H2,1-6H3,(H,30,31)/b22-10-,27-19?. The first-order valence-corrected chi connectivity index (χ1v) is 12.7. The number of hydrogen-bond donors (Lipinski definition) is 3. The van der Waals surface area contributed by atoms with Gasteiger partial charge in [0, 0.05) is 37.3 Å². The van der Waals surface area contributed by atoms with Crippen LogP contribution >= 0.6 is 12.6 Å². The lowest BCUT2D eigenvalue weighted by atomic mass is 10.1. The zero-order chi connectivity index (χ0) is 26.9. The minimum Gasteiger partial charge on any atom is -0.444 e. The number of aryl methyl sites for hydroxylation is 1. The molecule has 37 heavy (non-hydrogen) atoms. The number of nitrogens with one attached hydrogen (secondary N) is 2. The molecular weight excluding hydrogens is 488 g/mol. The van der Waals surface area contributed by atoms with E-state index in [1.165, 1.54) is 0 Å². The minimum atomic E-state index is -0.568. The van der Waals surface area contributed by atoms with Crippen molar-refractivity contribution in [2.24, 2.45) is 13.0 Å². The Morgan fingerprint density at radius 1 is 1.27 bits per heavy atom. The Labute approximate surface area is 222 Å². The number of aromatic nitrogens is 5. The molecule has 10 nitrogen and oxygen atoms in total. The Morgan fingerprint density at radius 2 is 2.03 bits per heavy atom. The van der Waals surface area contributed by atoms with Gasteiger partial charge in [-0.1, -0.05) is 19.9 Å². The molecule has 1 aliphatic heterocycles. The molecule has 0 atom stereocenters. The van der Waals surface area contributed by atoms with Crippen molar-refractivity contribution < 1.29 is 9.53 Å². The van der Waals surface area contributed by atoms with E-state index < -0.39 is 5.60 Å². The number of carbonyl (C=O) groups is 1. The molecule has 4 rings (SSSR count). The van der Waals surface area contributed by atoms with Gasteiger partial charge in [0.15, 0.2) is 11.5 Å². The van der Waals surface area contributed by atoms with E-state index in [4.69, 9.17) is 15.1 Å². The van der Waals surface area contributed by atoms with Crippen LogP contribution < -0.4 is 5.32 Å². The van der Waals surface area contributed by atoms with Gasteiger partial charge in [-0.3, -0.25) is 9.08 Å². The summed E-state index contributed by atoms with van der Waals surface area (Å²) in [6.45, 7) is 10.5. The Balaban J connectivity index is 1.75. The average molecular weight is 523 g/mol. The number of anilines is 1. The highest BCUT2D eigenvalue weighted by molar-refractivity contribution is 7.84. The molecule has 0 aliphatic carbocycles. The molecule has 2 N–H and O–H groups in total. The third-order valence-electron chi connectivity index (χ3n) is 5.79. The van der Waals surface area contributed by atoms with Crippen molar-refractivity contribution in [3.05, 3.63) is 47.7 Å². The van der Waals surface area contributed by atoms with Crippen molar-refractivity contribution in [2.75, 3.05) is 18.4 Å². The third-order valence-corrected chi connectivity index (χ3v) is 6.03. The number of hydrogen-bond acceptors (Lipinski definition) is 8. The van der Waals surface area contributed by atoms with Gasteiger partial charge in [0.25, 0.3) is 0 Å². The monoisotopic (exact) mass is 522 g/mol. The fourth-order valence-corrected chi connectivity index (χ4v) is 4.12. The highest BCUT2D eigenvalue weighted by Crippen LogP contribution is 2.29. The number of fused-ring (bicyclic) bond motifs is 1. The molecule has 0 unspecified atom stereocenters. The molecule has 3 aromatic rings. The molecule has 1 amide bonds. The summed E-state index contributed by atoms with van der Waals surface area (Å²) >= 11 is 4.56. The molecular formula is C26H34N8O2S. The van der Waals surface area contributed by atoms with Crippen molar-refractivity contribution in [3.8, 4) is 11.3 Å². The number of thiol groups is 1. The lowest BCUT2D eigenvalue weighted by molar-refractivity contribution is 0.0273. The van der Waals surface area contributed by atoms with Gasteiger partial charge in [-0.15, -0.1) is 12.6 Å². The van der Waals surface area contributed by atoms with Crippen LogP contribution in [0.15, 0.2) is 42.0 Å². The maximum Gasteiger partial charge on any atom is 0.410 e. The van der Waals surface area contributed by atoms with Gasteiger partial charge >= 0.3 is 6.09 Å². The topological polar surface area (TPSA) is 113 Å². The van der Waals surface area contributed by atoms with Crippen molar-refractivity contribution in [2.45, 2.75) is 46.6 Å². The second-order valence-electron chi connectivity index (χ2n) is 10.4. The summed E-state index contributed by atoms with van der Waals surface area (Å²) < 4.78 is 9.30. The molecule has 196 valence electrons. The fraction of sp³-hybridized carbons (Fsp3) is 0.423. The highest BCUT2D eigenvalue weighted by Gasteiger charge is 2.26. The third kappa shape index (κ3) is 6.22. The summed E-state index contributed by atoms with van der Waals surface area (Å²) in [5.74, 6) is 0.568. The van der Waals surface area contributed by atoms with E-state index in [-0.39, 0.29) is 12.0 Å². The van der Waals surface area contributed by atoms with Crippen molar-refractivity contribution in [3.63, 3.8) is 0 Å². The first-order chi connectivity index (χ1) is 17.4. The van der Waals surface area contributed by atoms with E-state index in [9.17, 15) is 4.79 Å². The summed E-state index contributed by atoms with van der Waals surface area (Å²) in [5.41, 5.74) is 3.87. The molecule has 3 aromatic heterocycles. The van der Waals surface area contributed by atoms with Gasteiger partial charge in [0.1, 0.15) is 5.60 Å². The summed E-state index contributed by atoms with van der Waals surface area (Å²) in [7, 11) is 1.87. The van der Waals surface area contributed by atoms with Crippen LogP contribution in [-0.2, 0) is 11.8 Å². The molecule has 0 aromatic carbocycles. The van der Waals surface area contributed by atoms with Crippen LogP contribution in [0, 0.1) is 11.3 Å². The average Bonchev–Trinajstić information content (AvgIpc) is 3.44. The number of carbonyl (C=O) groups excluding carboxylic acids is 1. The summed E-state index contributed by atoms with van der Waals surface area (Å²) in [4.78, 5) is 24.0. The SMILES string of the molecule is CC(C)C(=N)/C=C(\S)Nc1nc(C2=CCCN(C(=O)OC(C)(C)C)C2)cn2c(-c3cnn(C)c3)cnc12. The molecule has 0 spiro atoms. The van der Waals surface area contributed by atoms with Crippen LogP contribution in [0.2, 0.25) is 0 Å². The number of rotatable bonds is 6. The zero-order valence-corrected chi connectivity index (χ0v) is 23.0. The van der Waals surface area contributed by atoms with Crippen LogP contribution in [0.1, 0.15) is 46.7 Å². The van der Waals surface area contributed by atoms with E-state index in [2.05, 4.69) is 34.1 Å². The number of nitrogens with zero attached hydrogens (tertiary/aromatic N) is 6. The Bertz CT molecular complexity index is 1390. The Kier molecular flexibility index (Phi) is 7.44. The van der Waals surface area contributed by atoms with Crippen molar-refractivity contribution in [1.29, 1.82) is 5.41 Å². The van der Waals surface area contributed by atoms with Gasteiger partial charge in [-0.2, -0.15) is 5.10 Å². The first-order valence-electron chi connectivity index (χ1n) is 12.2. The van der Waals surface area contributed by atoms with Crippen LogP contribution in [0.4, 0.5) is 10.6 Å². The lowest BCUT2D eigenvalue weighted by Crippen LogP contribution is -2.39. The predicted octanol–water partition coefficient (Wildman–Crippen LogP) is 5.01. The number of imidazole rings is 1. The fourth-order valence-electron chi connectivity index (χ4n) is 3.88. The molecule has 0 fully saturated rings. The molecule has 4 heterocycles. The van der Waals surface area contributed by atoms with Crippen LogP contribution in [0.5, 0.6) is 0 Å². The molecule has 11 heteroatoms. The first kappa shape index (κ1) is 26.5. The van der Waals surface area contributed by atoms with Gasteiger partial charge in [-0.25, -0.2) is 14.8 Å². The summed E-state index contributed by atoms with van der Waals surface area (Å²) in [6.07, 6.45) is 11.5. The molecule has 1 aliphatic rings. The maximum atomic E-state index is 12.8. The van der Waals surface area contributed by atoms with E-state index in [1.807, 2.05) is 58.5 Å². The van der Waals surface area contributed by atoms with E-state index in [0.29, 0.717) is 47.4 Å². The zero-order valence-electron chi connectivity index (χ0n) is 22.1. The number of ether oxygens (including phenoxy) is 1. The smallest absolute Gasteiger partial charge is 0.410 e. The van der Waals surface area contributed by atoms with Gasteiger partial charge < -0.3 is 20.4 Å². The molecule has 0 saturated carbocycles. The van der Waals surface area contributed by atoms with Crippen molar-refractivity contribution in [1.82, 2.24) is 29.0 Å². The Hall–Kier alpha value is -3.60. The summed E-state index contributed by atoms with van der Waals surface area (Å²) in [6, 6.07) is 0. The number of amides is 1. The Morgan fingerprint density at radius 3 is 2.68 bits per heavy atom. The van der Waals surface area contributed by atoms with Gasteiger partial charge in [-0.05, 0) is 44.8 Å². The van der Waals surface area contributed by atoms with Gasteiger partial charge in [0.05, 0.1) is 35.4 Å². The predicted molar refractivity (Wildman–Crippen MR) is 149 cm³/mol. The minimum absolute atomic E-state index is 0.0677. The maximum absolute atomic E-state index is 12.8. The lowest BCUT2D eigenvalue weighted by Gasteiger charge is -2.30. The van der Waals surface area contributed by atoms with Gasteiger partial charge in [0.2, 0.25) is 0 Å². The summed E-state index contributed by atoms with van der Waals surface area (Å²) in [5, 5.41) is 16.2. The normalized spacial score (nSPS) is 14.8. The van der Waals surface area contributed by atoms with Crippen LogP contribution in [0.3, 0.4) is 0 Å². The van der Waals surface area contributed by atoms with Crippen LogP contribution in [0.25, 0.3) is 22.5 Å². The molecule has 0 radical (unpaired) electrons. The molecule has 0 bridgehead atoms. The van der Waals surface area contributed by atoms with Crippen LogP contribution in [-0.4, -0.2) is 59.5 Å². The highest BCUT2D eigenvalue weighted by atomic mass is 32.1. The largest absolute Gasteiger partial charge is 0.444 e. The quantitative estimate of drug-likeness (QED) is 0.310. The number of allylic oxidation sites excluding steroid dienone is 1. The second kappa shape index (κ2) is 10.4. The van der Waals surface area contributed by atoms with Crippen molar-refractivity contribution >= 4 is 41.5 Å². The molecule has 0 saturated heterocycles. The van der Waals surface area contributed by atoms with E-state index in [0.717, 1.165) is 16.8 Å².